The lowest BCUT2D eigenvalue weighted by Crippen LogP contribution is -2.15. The summed E-state index contributed by atoms with van der Waals surface area (Å²) in [5, 5.41) is 4.34. The summed E-state index contributed by atoms with van der Waals surface area (Å²) in [6.45, 7) is 7.04. The quantitative estimate of drug-likeness (QED) is 0.712. The SMILES string of the molecule is CCn1nc(C)c(S(=O)(=O)Nc2ccccc2-c2cn3c(n2)CCCC3)c1C. The average Bonchev–Trinajstić information content (AvgIpc) is 3.22. The van der Waals surface area contributed by atoms with E-state index in [4.69, 9.17) is 4.98 Å². The minimum Gasteiger partial charge on any atom is -0.334 e. The number of benzene rings is 1. The van der Waals surface area contributed by atoms with E-state index in [0.29, 0.717) is 23.6 Å². The van der Waals surface area contributed by atoms with Crippen molar-refractivity contribution in [1.82, 2.24) is 19.3 Å². The summed E-state index contributed by atoms with van der Waals surface area (Å²) in [5.74, 6) is 1.06. The number of nitrogens with zero attached hydrogens (tertiary/aromatic N) is 4. The molecule has 148 valence electrons. The average molecular weight is 400 g/mol. The van der Waals surface area contributed by atoms with E-state index in [-0.39, 0.29) is 4.90 Å². The molecular weight excluding hydrogens is 374 g/mol. The maximum atomic E-state index is 13.2. The molecular formula is C20H25N5O2S. The van der Waals surface area contributed by atoms with Crippen molar-refractivity contribution >= 4 is 15.7 Å². The van der Waals surface area contributed by atoms with Crippen molar-refractivity contribution in [2.45, 2.75) is 58.0 Å². The number of para-hydroxylation sites is 1. The van der Waals surface area contributed by atoms with Crippen LogP contribution in [-0.2, 0) is 29.5 Å². The molecule has 1 aliphatic rings. The van der Waals surface area contributed by atoms with Crippen LogP contribution in [0.25, 0.3) is 11.3 Å². The van der Waals surface area contributed by atoms with Gasteiger partial charge in [0.15, 0.2) is 0 Å². The van der Waals surface area contributed by atoms with Gasteiger partial charge < -0.3 is 4.57 Å². The lowest BCUT2D eigenvalue weighted by molar-refractivity contribution is 0.522. The zero-order chi connectivity index (χ0) is 19.9. The van der Waals surface area contributed by atoms with Crippen LogP contribution in [0.1, 0.15) is 37.0 Å². The number of aryl methyl sites for hydroxylation is 4. The van der Waals surface area contributed by atoms with Gasteiger partial charge in [0.05, 0.1) is 22.8 Å². The third kappa shape index (κ3) is 3.22. The predicted molar refractivity (Wildman–Crippen MR) is 109 cm³/mol. The molecule has 0 saturated heterocycles. The van der Waals surface area contributed by atoms with E-state index in [1.807, 2.05) is 31.3 Å². The summed E-state index contributed by atoms with van der Waals surface area (Å²) in [7, 11) is -3.76. The fourth-order valence-electron chi connectivity index (χ4n) is 3.91. The Hall–Kier alpha value is -2.61. The Kier molecular flexibility index (Phi) is 4.74. The smallest absolute Gasteiger partial charge is 0.265 e. The number of nitrogens with one attached hydrogen (secondary N) is 1. The molecule has 0 bridgehead atoms. The number of rotatable bonds is 5. The Morgan fingerprint density at radius 2 is 1.96 bits per heavy atom. The normalized spacial score (nSPS) is 14.1. The summed E-state index contributed by atoms with van der Waals surface area (Å²) < 4.78 is 33.0. The third-order valence-electron chi connectivity index (χ3n) is 5.24. The van der Waals surface area contributed by atoms with Crippen LogP contribution in [0.3, 0.4) is 0 Å². The predicted octanol–water partition coefficient (Wildman–Crippen LogP) is 3.52. The summed E-state index contributed by atoms with van der Waals surface area (Å²) >= 11 is 0. The first-order chi connectivity index (χ1) is 13.4. The zero-order valence-electron chi connectivity index (χ0n) is 16.4. The number of aromatic nitrogens is 4. The third-order valence-corrected chi connectivity index (χ3v) is 6.86. The molecule has 0 saturated carbocycles. The van der Waals surface area contributed by atoms with E-state index in [1.165, 1.54) is 0 Å². The first-order valence-electron chi connectivity index (χ1n) is 9.63. The highest BCUT2D eigenvalue weighted by molar-refractivity contribution is 7.92. The molecule has 8 heteroatoms. The van der Waals surface area contributed by atoms with Crippen molar-refractivity contribution in [3.63, 3.8) is 0 Å². The summed E-state index contributed by atoms with van der Waals surface area (Å²) in [5.41, 5.74) is 3.25. The van der Waals surface area contributed by atoms with Crippen LogP contribution in [0.2, 0.25) is 0 Å². The van der Waals surface area contributed by atoms with E-state index in [2.05, 4.69) is 14.4 Å². The molecule has 7 nitrogen and oxygen atoms in total. The van der Waals surface area contributed by atoms with Gasteiger partial charge in [0, 0.05) is 31.3 Å². The fourth-order valence-corrected chi connectivity index (χ4v) is 5.40. The molecule has 4 rings (SSSR count). The Labute approximate surface area is 165 Å². The van der Waals surface area contributed by atoms with Gasteiger partial charge in [-0.25, -0.2) is 13.4 Å². The van der Waals surface area contributed by atoms with Gasteiger partial charge in [0.1, 0.15) is 10.7 Å². The summed E-state index contributed by atoms with van der Waals surface area (Å²) in [6, 6.07) is 7.41. The first kappa shape index (κ1) is 18.7. The summed E-state index contributed by atoms with van der Waals surface area (Å²) in [6.07, 6.45) is 5.28. The van der Waals surface area contributed by atoms with E-state index in [1.54, 1.807) is 24.6 Å². The van der Waals surface area contributed by atoms with Gasteiger partial charge in [0.25, 0.3) is 10.0 Å². The van der Waals surface area contributed by atoms with Crippen molar-refractivity contribution in [3.05, 3.63) is 47.7 Å². The zero-order valence-corrected chi connectivity index (χ0v) is 17.3. The van der Waals surface area contributed by atoms with E-state index < -0.39 is 10.0 Å². The van der Waals surface area contributed by atoms with Gasteiger partial charge in [-0.1, -0.05) is 18.2 Å². The van der Waals surface area contributed by atoms with Crippen LogP contribution >= 0.6 is 0 Å². The van der Waals surface area contributed by atoms with Crippen molar-refractivity contribution in [2.24, 2.45) is 0 Å². The van der Waals surface area contributed by atoms with Gasteiger partial charge >= 0.3 is 0 Å². The maximum absolute atomic E-state index is 13.2. The minimum absolute atomic E-state index is 0.244. The Bertz CT molecular complexity index is 1100. The van der Waals surface area contributed by atoms with Gasteiger partial charge in [-0.15, -0.1) is 0 Å². The molecule has 0 spiro atoms. The second-order valence-electron chi connectivity index (χ2n) is 7.16. The molecule has 3 heterocycles. The van der Waals surface area contributed by atoms with E-state index in [9.17, 15) is 8.42 Å². The molecule has 0 fully saturated rings. The maximum Gasteiger partial charge on any atom is 0.265 e. The number of hydrogen-bond donors (Lipinski definition) is 1. The largest absolute Gasteiger partial charge is 0.334 e. The lowest BCUT2D eigenvalue weighted by Gasteiger charge is -2.12. The van der Waals surface area contributed by atoms with Crippen LogP contribution in [-0.4, -0.2) is 27.7 Å². The van der Waals surface area contributed by atoms with Gasteiger partial charge in [-0.3, -0.25) is 9.40 Å². The molecule has 2 aromatic heterocycles. The van der Waals surface area contributed by atoms with Gasteiger partial charge in [0.2, 0.25) is 0 Å². The molecule has 1 aliphatic heterocycles. The van der Waals surface area contributed by atoms with Crippen LogP contribution in [0, 0.1) is 13.8 Å². The molecule has 1 aromatic carbocycles. The Morgan fingerprint density at radius 3 is 2.68 bits per heavy atom. The highest BCUT2D eigenvalue weighted by atomic mass is 32.2. The molecule has 0 amide bonds. The van der Waals surface area contributed by atoms with Crippen LogP contribution in [0.4, 0.5) is 5.69 Å². The van der Waals surface area contributed by atoms with Crippen molar-refractivity contribution in [1.29, 1.82) is 0 Å². The molecule has 0 unspecified atom stereocenters. The van der Waals surface area contributed by atoms with Crippen LogP contribution in [0.5, 0.6) is 0 Å². The van der Waals surface area contributed by atoms with Crippen LogP contribution < -0.4 is 4.72 Å². The second kappa shape index (κ2) is 7.09. The topological polar surface area (TPSA) is 81.8 Å². The highest BCUT2D eigenvalue weighted by Gasteiger charge is 2.26. The van der Waals surface area contributed by atoms with Crippen molar-refractivity contribution < 1.29 is 8.42 Å². The highest BCUT2D eigenvalue weighted by Crippen LogP contribution is 2.31. The van der Waals surface area contributed by atoms with Crippen molar-refractivity contribution in [3.8, 4) is 11.3 Å². The fraction of sp³-hybridized carbons (Fsp3) is 0.400. The van der Waals surface area contributed by atoms with Gasteiger partial charge in [-0.05, 0) is 39.7 Å². The molecule has 0 aliphatic carbocycles. The molecule has 0 radical (unpaired) electrons. The van der Waals surface area contributed by atoms with Crippen molar-refractivity contribution in [2.75, 3.05) is 4.72 Å². The Morgan fingerprint density at radius 1 is 1.18 bits per heavy atom. The lowest BCUT2D eigenvalue weighted by atomic mass is 10.1. The number of fused-ring (bicyclic) bond motifs is 1. The van der Waals surface area contributed by atoms with Gasteiger partial charge in [-0.2, -0.15) is 5.10 Å². The number of sulfonamides is 1. The minimum atomic E-state index is -3.76. The molecule has 3 aromatic rings. The summed E-state index contributed by atoms with van der Waals surface area (Å²) in [4.78, 5) is 4.99. The van der Waals surface area contributed by atoms with Crippen LogP contribution in [0.15, 0.2) is 35.4 Å². The van der Waals surface area contributed by atoms with E-state index in [0.717, 1.165) is 42.9 Å². The molecule has 1 N–H and O–H groups in total. The standard InChI is InChI=1S/C20H25N5O2S/c1-4-25-15(3)20(14(2)22-25)28(26,27)23-17-10-6-5-9-16(17)18-13-24-12-8-7-11-19(24)21-18/h5-6,9-10,13,23H,4,7-8,11-12H2,1-3H3. The second-order valence-corrected chi connectivity index (χ2v) is 8.78. The number of hydrogen-bond acceptors (Lipinski definition) is 4. The Balaban J connectivity index is 1.73. The molecule has 28 heavy (non-hydrogen) atoms. The first-order valence-corrected chi connectivity index (χ1v) is 11.1. The monoisotopic (exact) mass is 399 g/mol. The van der Waals surface area contributed by atoms with E-state index >= 15 is 0 Å². The molecule has 0 atom stereocenters. The number of imidazole rings is 1. The number of anilines is 1.